The number of carbonyl (C=O) groups excluding carboxylic acids is 1. The van der Waals surface area contributed by atoms with E-state index < -0.39 is 28.8 Å². The Hall–Kier alpha value is -1.82. The number of rotatable bonds is 3. The van der Waals surface area contributed by atoms with Crippen LogP contribution in [0.5, 0.6) is 0 Å². The van der Waals surface area contributed by atoms with Crippen LogP contribution in [0.25, 0.3) is 0 Å². The Balaban J connectivity index is 2.11. The molecular formula is C15H16F3NO2. The first-order valence-electron chi connectivity index (χ1n) is 6.66. The molecule has 1 amide bonds. The normalized spacial score (nSPS) is 22.1. The minimum Gasteiger partial charge on any atom is -0.384 e. The molecule has 21 heavy (non-hydrogen) atoms. The van der Waals surface area contributed by atoms with Crippen molar-refractivity contribution >= 4 is 5.91 Å². The van der Waals surface area contributed by atoms with Gasteiger partial charge >= 0.3 is 6.18 Å². The van der Waals surface area contributed by atoms with Crippen LogP contribution in [0.1, 0.15) is 35.2 Å². The first-order valence-corrected chi connectivity index (χ1v) is 6.66. The van der Waals surface area contributed by atoms with E-state index >= 15 is 0 Å². The summed E-state index contributed by atoms with van der Waals surface area (Å²) in [6.45, 7) is -0.103. The zero-order chi connectivity index (χ0) is 15.5. The van der Waals surface area contributed by atoms with E-state index in [9.17, 15) is 23.1 Å². The summed E-state index contributed by atoms with van der Waals surface area (Å²) in [4.78, 5) is 12.0. The third-order valence-corrected chi connectivity index (χ3v) is 3.44. The number of aliphatic hydroxyl groups is 1. The summed E-state index contributed by atoms with van der Waals surface area (Å²) in [5.41, 5.74) is -2.59. The van der Waals surface area contributed by atoms with Gasteiger partial charge in [0.1, 0.15) is 0 Å². The molecule has 1 unspecified atom stereocenters. The summed E-state index contributed by atoms with van der Waals surface area (Å²) in [6, 6.07) is 4.60. The molecule has 0 spiro atoms. The van der Waals surface area contributed by atoms with Gasteiger partial charge in [0.25, 0.3) is 5.91 Å². The average Bonchev–Trinajstić information content (AvgIpc) is 2.45. The third kappa shape index (κ3) is 3.85. The summed E-state index contributed by atoms with van der Waals surface area (Å²) in [5, 5.41) is 12.6. The second-order valence-corrected chi connectivity index (χ2v) is 5.12. The summed E-state index contributed by atoms with van der Waals surface area (Å²) < 4.78 is 38.5. The first-order chi connectivity index (χ1) is 9.82. The van der Waals surface area contributed by atoms with Gasteiger partial charge in [0, 0.05) is 0 Å². The lowest BCUT2D eigenvalue weighted by atomic mass is 9.91. The van der Waals surface area contributed by atoms with Crippen LogP contribution in [-0.4, -0.2) is 23.2 Å². The summed E-state index contributed by atoms with van der Waals surface area (Å²) >= 11 is 0. The quantitative estimate of drug-likeness (QED) is 0.843. The SMILES string of the molecule is O=C(NCC1(O)C=CCCC1)c1ccccc1C(F)(F)F. The summed E-state index contributed by atoms with van der Waals surface area (Å²) in [5.74, 6) is -0.838. The van der Waals surface area contributed by atoms with Gasteiger partial charge in [0.2, 0.25) is 0 Å². The molecule has 3 nitrogen and oxygen atoms in total. The van der Waals surface area contributed by atoms with Gasteiger partial charge < -0.3 is 10.4 Å². The number of hydrogen-bond acceptors (Lipinski definition) is 2. The van der Waals surface area contributed by atoms with Crippen molar-refractivity contribution in [2.45, 2.75) is 31.0 Å². The Kier molecular flexibility index (Phi) is 4.37. The molecule has 114 valence electrons. The maximum absolute atomic E-state index is 12.8. The third-order valence-electron chi connectivity index (χ3n) is 3.44. The number of alkyl halides is 3. The van der Waals surface area contributed by atoms with Crippen molar-refractivity contribution < 1.29 is 23.1 Å². The van der Waals surface area contributed by atoms with E-state index in [-0.39, 0.29) is 6.54 Å². The minimum absolute atomic E-state index is 0.103. The molecule has 0 aliphatic heterocycles. The van der Waals surface area contributed by atoms with Gasteiger partial charge in [-0.1, -0.05) is 24.3 Å². The highest BCUT2D eigenvalue weighted by Gasteiger charge is 2.35. The van der Waals surface area contributed by atoms with E-state index in [4.69, 9.17) is 0 Å². The van der Waals surface area contributed by atoms with Gasteiger partial charge in [-0.25, -0.2) is 0 Å². The maximum Gasteiger partial charge on any atom is 0.417 e. The minimum atomic E-state index is -4.59. The highest BCUT2D eigenvalue weighted by molar-refractivity contribution is 5.95. The monoisotopic (exact) mass is 299 g/mol. The molecule has 2 rings (SSSR count). The highest BCUT2D eigenvalue weighted by atomic mass is 19.4. The van der Waals surface area contributed by atoms with Gasteiger partial charge in [-0.3, -0.25) is 4.79 Å². The van der Waals surface area contributed by atoms with Crippen molar-refractivity contribution in [2.75, 3.05) is 6.54 Å². The van der Waals surface area contributed by atoms with Gasteiger partial charge in [0.05, 0.1) is 23.3 Å². The number of amides is 1. The largest absolute Gasteiger partial charge is 0.417 e. The van der Waals surface area contributed by atoms with Crippen molar-refractivity contribution in [3.8, 4) is 0 Å². The predicted molar refractivity (Wildman–Crippen MR) is 71.7 cm³/mol. The van der Waals surface area contributed by atoms with Gasteiger partial charge in [-0.05, 0) is 31.4 Å². The lowest BCUT2D eigenvalue weighted by Crippen LogP contribution is -2.42. The van der Waals surface area contributed by atoms with Crippen LogP contribution in [0, 0.1) is 0 Å². The molecule has 0 saturated heterocycles. The molecule has 0 bridgehead atoms. The predicted octanol–water partition coefficient (Wildman–Crippen LogP) is 2.91. The Morgan fingerprint density at radius 2 is 2.05 bits per heavy atom. The van der Waals surface area contributed by atoms with Crippen molar-refractivity contribution in [1.29, 1.82) is 0 Å². The fraction of sp³-hybridized carbons (Fsp3) is 0.400. The standard InChI is InChI=1S/C15H16F3NO2/c16-15(17,18)12-7-3-2-6-11(12)13(20)19-10-14(21)8-4-1-5-9-14/h2-4,6-8,21H,1,5,9-10H2,(H,19,20). The van der Waals surface area contributed by atoms with Crippen LogP contribution in [0.15, 0.2) is 36.4 Å². The highest BCUT2D eigenvalue weighted by Crippen LogP contribution is 2.31. The fourth-order valence-corrected chi connectivity index (χ4v) is 2.32. The maximum atomic E-state index is 12.8. The molecule has 1 aromatic rings. The molecule has 6 heteroatoms. The molecule has 1 aliphatic carbocycles. The lowest BCUT2D eigenvalue weighted by molar-refractivity contribution is -0.137. The van der Waals surface area contributed by atoms with Crippen LogP contribution in [-0.2, 0) is 6.18 Å². The van der Waals surface area contributed by atoms with Gasteiger partial charge in [-0.2, -0.15) is 13.2 Å². The van der Waals surface area contributed by atoms with E-state index in [0.717, 1.165) is 25.0 Å². The Morgan fingerprint density at radius 1 is 1.33 bits per heavy atom. The number of benzene rings is 1. The molecule has 1 atom stereocenters. The number of nitrogens with one attached hydrogen (secondary N) is 1. The van der Waals surface area contributed by atoms with E-state index in [1.165, 1.54) is 12.1 Å². The molecule has 0 heterocycles. The average molecular weight is 299 g/mol. The zero-order valence-corrected chi connectivity index (χ0v) is 11.3. The van der Waals surface area contributed by atoms with Crippen molar-refractivity contribution in [2.24, 2.45) is 0 Å². The smallest absolute Gasteiger partial charge is 0.384 e. The van der Waals surface area contributed by atoms with Crippen LogP contribution in [0.4, 0.5) is 13.2 Å². The molecule has 1 aliphatic rings. The molecule has 0 aromatic heterocycles. The molecule has 0 radical (unpaired) electrons. The number of allylic oxidation sites excluding steroid dienone is 1. The number of hydrogen-bond donors (Lipinski definition) is 2. The number of halogens is 3. The van der Waals surface area contributed by atoms with Gasteiger partial charge in [-0.15, -0.1) is 0 Å². The van der Waals surface area contributed by atoms with E-state index in [0.29, 0.717) is 6.42 Å². The topological polar surface area (TPSA) is 49.3 Å². The number of carbonyl (C=O) groups is 1. The molecule has 1 aromatic carbocycles. The van der Waals surface area contributed by atoms with Crippen molar-refractivity contribution in [1.82, 2.24) is 5.32 Å². The zero-order valence-electron chi connectivity index (χ0n) is 11.3. The summed E-state index contributed by atoms with van der Waals surface area (Å²) in [7, 11) is 0. The van der Waals surface area contributed by atoms with Crippen LogP contribution >= 0.6 is 0 Å². The van der Waals surface area contributed by atoms with Crippen LogP contribution < -0.4 is 5.32 Å². The molecular weight excluding hydrogens is 283 g/mol. The van der Waals surface area contributed by atoms with Crippen LogP contribution in [0.2, 0.25) is 0 Å². The lowest BCUT2D eigenvalue weighted by Gasteiger charge is -2.27. The van der Waals surface area contributed by atoms with Crippen molar-refractivity contribution in [3.05, 3.63) is 47.5 Å². The van der Waals surface area contributed by atoms with Gasteiger partial charge in [0.15, 0.2) is 0 Å². The first kappa shape index (κ1) is 15.6. The van der Waals surface area contributed by atoms with E-state index in [2.05, 4.69) is 5.32 Å². The van der Waals surface area contributed by atoms with Crippen molar-refractivity contribution in [3.63, 3.8) is 0 Å². The molecule has 0 fully saturated rings. The van der Waals surface area contributed by atoms with E-state index in [1.54, 1.807) is 12.2 Å². The Bertz CT molecular complexity index is 554. The fourth-order valence-electron chi connectivity index (χ4n) is 2.32. The molecule has 0 saturated carbocycles. The Morgan fingerprint density at radius 3 is 2.67 bits per heavy atom. The van der Waals surface area contributed by atoms with Crippen LogP contribution in [0.3, 0.4) is 0 Å². The molecule has 2 N–H and O–H groups in total. The second kappa shape index (κ2) is 5.89. The summed E-state index contributed by atoms with van der Waals surface area (Å²) in [6.07, 6.45) is 0.918. The Labute approximate surface area is 120 Å². The second-order valence-electron chi connectivity index (χ2n) is 5.12. The van der Waals surface area contributed by atoms with E-state index in [1.807, 2.05) is 0 Å².